The molecule has 6 nitrogen and oxygen atoms in total. The van der Waals surface area contributed by atoms with Crippen LogP contribution < -0.4 is 10.6 Å². The van der Waals surface area contributed by atoms with Gasteiger partial charge in [0.25, 0.3) is 0 Å². The summed E-state index contributed by atoms with van der Waals surface area (Å²) >= 11 is 5.92. The van der Waals surface area contributed by atoms with E-state index in [1.165, 1.54) is 0 Å². The van der Waals surface area contributed by atoms with Crippen molar-refractivity contribution in [1.82, 2.24) is 25.4 Å². The van der Waals surface area contributed by atoms with Crippen LogP contribution in [-0.4, -0.2) is 34.3 Å². The first kappa shape index (κ1) is 20.7. The first-order chi connectivity index (χ1) is 11.1. The average molecular weight is 463 g/mol. The second kappa shape index (κ2) is 10.5. The third kappa shape index (κ3) is 5.94. The van der Waals surface area contributed by atoms with Gasteiger partial charge in [0.15, 0.2) is 5.96 Å². The van der Waals surface area contributed by atoms with Crippen LogP contribution in [-0.2, 0) is 13.0 Å². The van der Waals surface area contributed by atoms with Gasteiger partial charge in [-0.15, -0.1) is 34.2 Å². The fourth-order valence-corrected chi connectivity index (χ4v) is 2.39. The van der Waals surface area contributed by atoms with Crippen molar-refractivity contribution in [2.24, 2.45) is 4.99 Å². The zero-order valence-corrected chi connectivity index (χ0v) is 17.2. The van der Waals surface area contributed by atoms with Crippen LogP contribution in [0.5, 0.6) is 0 Å². The predicted octanol–water partition coefficient (Wildman–Crippen LogP) is 3.04. The molecule has 0 saturated carbocycles. The van der Waals surface area contributed by atoms with Crippen molar-refractivity contribution in [3.8, 4) is 0 Å². The van der Waals surface area contributed by atoms with E-state index in [0.29, 0.717) is 0 Å². The van der Waals surface area contributed by atoms with Gasteiger partial charge in [-0.2, -0.15) is 0 Å². The molecule has 0 fully saturated rings. The van der Waals surface area contributed by atoms with Crippen LogP contribution in [0.3, 0.4) is 0 Å². The minimum Gasteiger partial charge on any atom is -0.355 e. The summed E-state index contributed by atoms with van der Waals surface area (Å²) in [5.74, 6) is 1.75. The number of halogens is 2. The lowest BCUT2D eigenvalue weighted by atomic mass is 10.1. The van der Waals surface area contributed by atoms with Gasteiger partial charge in [-0.3, -0.25) is 4.99 Å². The van der Waals surface area contributed by atoms with Crippen LogP contribution in [0.15, 0.2) is 35.6 Å². The molecule has 0 aliphatic heterocycles. The molecule has 1 atom stereocenters. The highest BCUT2D eigenvalue weighted by Gasteiger charge is 2.08. The van der Waals surface area contributed by atoms with Crippen molar-refractivity contribution in [1.29, 1.82) is 0 Å². The Labute approximate surface area is 165 Å². The van der Waals surface area contributed by atoms with Crippen molar-refractivity contribution >= 4 is 41.5 Å². The summed E-state index contributed by atoms with van der Waals surface area (Å²) in [5.41, 5.74) is 1.16. The lowest BCUT2D eigenvalue weighted by Gasteiger charge is -2.18. The Morgan fingerprint density at radius 3 is 2.67 bits per heavy atom. The first-order valence-corrected chi connectivity index (χ1v) is 8.11. The first-order valence-electron chi connectivity index (χ1n) is 7.73. The number of guanidine groups is 1. The number of rotatable bonds is 6. The monoisotopic (exact) mass is 462 g/mol. The van der Waals surface area contributed by atoms with Gasteiger partial charge in [0.1, 0.15) is 12.2 Å². The third-order valence-corrected chi connectivity index (χ3v) is 3.86. The van der Waals surface area contributed by atoms with Gasteiger partial charge in [-0.05, 0) is 24.6 Å². The molecule has 2 rings (SSSR count). The zero-order chi connectivity index (χ0) is 16.7. The Morgan fingerprint density at radius 1 is 1.33 bits per heavy atom. The molecule has 0 aliphatic rings. The second-order valence-electron chi connectivity index (χ2n) is 5.21. The third-order valence-electron chi connectivity index (χ3n) is 3.60. The molecule has 0 amide bonds. The average Bonchev–Trinajstić information content (AvgIpc) is 3.01. The van der Waals surface area contributed by atoms with Crippen LogP contribution in [0.4, 0.5) is 0 Å². The quantitative estimate of drug-likeness (QED) is 0.393. The highest BCUT2D eigenvalue weighted by atomic mass is 127. The van der Waals surface area contributed by atoms with Gasteiger partial charge >= 0.3 is 0 Å². The van der Waals surface area contributed by atoms with Crippen molar-refractivity contribution in [2.75, 3.05) is 13.6 Å². The maximum atomic E-state index is 5.92. The molecule has 1 unspecified atom stereocenters. The number of aliphatic imine (C=N–C) groups is 1. The number of hydrogen-bond donors (Lipinski definition) is 2. The number of aryl methyl sites for hydroxylation is 1. The molecule has 0 bridgehead atoms. The Morgan fingerprint density at radius 2 is 2.04 bits per heavy atom. The van der Waals surface area contributed by atoms with Gasteiger partial charge in [0.2, 0.25) is 0 Å². The standard InChI is InChI=1S/C16H23ClN6.HI/c1-4-15-22-20-11-23(15)10-9-19-16(18-3)21-12(2)13-5-7-14(17)8-6-13;/h5-8,11-12H,4,9-10H2,1-3H3,(H2,18,19,21);1H. The van der Waals surface area contributed by atoms with E-state index in [4.69, 9.17) is 11.6 Å². The lowest BCUT2D eigenvalue weighted by molar-refractivity contribution is 0.620. The van der Waals surface area contributed by atoms with E-state index in [-0.39, 0.29) is 30.0 Å². The van der Waals surface area contributed by atoms with E-state index in [2.05, 4.69) is 39.7 Å². The number of nitrogens with zero attached hydrogens (tertiary/aromatic N) is 4. The highest BCUT2D eigenvalue weighted by molar-refractivity contribution is 14.0. The SMILES string of the molecule is CCc1nncn1CCNC(=NC)NC(C)c1ccc(Cl)cc1.I. The van der Waals surface area contributed by atoms with E-state index in [0.717, 1.165) is 41.9 Å². The number of benzene rings is 1. The molecule has 2 aromatic rings. The van der Waals surface area contributed by atoms with Crippen LogP contribution in [0, 0.1) is 0 Å². The summed E-state index contributed by atoms with van der Waals surface area (Å²) in [6.45, 7) is 5.71. The van der Waals surface area contributed by atoms with E-state index in [9.17, 15) is 0 Å². The topological polar surface area (TPSA) is 67.1 Å². The molecule has 132 valence electrons. The Bertz CT molecular complexity index is 640. The number of nitrogens with one attached hydrogen (secondary N) is 2. The Balaban J connectivity index is 0.00000288. The van der Waals surface area contributed by atoms with Crippen LogP contribution in [0.1, 0.15) is 31.3 Å². The molecular weight excluding hydrogens is 439 g/mol. The molecule has 1 aromatic carbocycles. The van der Waals surface area contributed by atoms with E-state index < -0.39 is 0 Å². The van der Waals surface area contributed by atoms with Crippen molar-refractivity contribution in [3.05, 3.63) is 47.0 Å². The summed E-state index contributed by atoms with van der Waals surface area (Å²) in [5, 5.41) is 15.4. The maximum Gasteiger partial charge on any atom is 0.191 e. The van der Waals surface area contributed by atoms with Crippen LogP contribution in [0.2, 0.25) is 5.02 Å². The van der Waals surface area contributed by atoms with Gasteiger partial charge in [-0.1, -0.05) is 30.7 Å². The van der Waals surface area contributed by atoms with Crippen molar-refractivity contribution in [3.63, 3.8) is 0 Å². The number of hydrogen-bond acceptors (Lipinski definition) is 3. The maximum absolute atomic E-state index is 5.92. The fraction of sp³-hybridized carbons (Fsp3) is 0.438. The molecule has 2 N–H and O–H groups in total. The molecule has 0 spiro atoms. The van der Waals surface area contributed by atoms with Gasteiger partial charge in [-0.25, -0.2) is 0 Å². The van der Waals surface area contributed by atoms with E-state index in [1.54, 1.807) is 13.4 Å². The van der Waals surface area contributed by atoms with Gasteiger partial charge in [0.05, 0.1) is 6.04 Å². The predicted molar refractivity (Wildman–Crippen MR) is 109 cm³/mol. The molecule has 1 heterocycles. The Hall–Kier alpha value is -1.35. The van der Waals surface area contributed by atoms with Crippen molar-refractivity contribution in [2.45, 2.75) is 32.9 Å². The van der Waals surface area contributed by atoms with Gasteiger partial charge < -0.3 is 15.2 Å². The van der Waals surface area contributed by atoms with Crippen LogP contribution in [0.25, 0.3) is 0 Å². The second-order valence-corrected chi connectivity index (χ2v) is 5.65. The summed E-state index contributed by atoms with van der Waals surface area (Å²) in [6, 6.07) is 7.95. The molecule has 0 saturated heterocycles. The molecular formula is C16H24ClIN6. The summed E-state index contributed by atoms with van der Waals surface area (Å²) < 4.78 is 2.04. The summed E-state index contributed by atoms with van der Waals surface area (Å²) in [4.78, 5) is 4.26. The summed E-state index contributed by atoms with van der Waals surface area (Å²) in [6.07, 6.45) is 2.63. The lowest BCUT2D eigenvalue weighted by Crippen LogP contribution is -2.40. The molecule has 1 aromatic heterocycles. The Kier molecular flexibility index (Phi) is 9.05. The van der Waals surface area contributed by atoms with Crippen molar-refractivity contribution < 1.29 is 0 Å². The molecule has 8 heteroatoms. The summed E-state index contributed by atoms with van der Waals surface area (Å²) in [7, 11) is 1.76. The fourth-order valence-electron chi connectivity index (χ4n) is 2.27. The van der Waals surface area contributed by atoms with E-state index >= 15 is 0 Å². The molecule has 0 aliphatic carbocycles. The molecule has 0 radical (unpaired) electrons. The van der Waals surface area contributed by atoms with Gasteiger partial charge in [0, 0.05) is 31.6 Å². The largest absolute Gasteiger partial charge is 0.355 e. The minimum atomic E-state index is 0. The normalized spacial score (nSPS) is 12.4. The minimum absolute atomic E-state index is 0. The smallest absolute Gasteiger partial charge is 0.191 e. The van der Waals surface area contributed by atoms with Crippen LogP contribution >= 0.6 is 35.6 Å². The highest BCUT2D eigenvalue weighted by Crippen LogP contribution is 2.15. The van der Waals surface area contributed by atoms with E-state index in [1.807, 2.05) is 28.8 Å². The zero-order valence-electron chi connectivity index (χ0n) is 14.2. The number of aromatic nitrogens is 3. The molecule has 24 heavy (non-hydrogen) atoms.